The molecule has 1 aliphatic rings. The number of nitrogens with one attached hydrogen (secondary N) is 2. The van der Waals surface area contributed by atoms with Gasteiger partial charge in [-0.05, 0) is 0 Å². The van der Waals surface area contributed by atoms with Gasteiger partial charge in [-0.1, -0.05) is 5.21 Å². The topological polar surface area (TPSA) is 95.4 Å². The van der Waals surface area contributed by atoms with E-state index in [0.29, 0.717) is 18.9 Å². The molecule has 2 heterocycles. The Morgan fingerprint density at radius 1 is 1.40 bits per heavy atom. The quantitative estimate of drug-likeness (QED) is 0.726. The van der Waals surface area contributed by atoms with E-state index in [1.165, 1.54) is 9.58 Å². The van der Waals surface area contributed by atoms with Crippen molar-refractivity contribution in [2.45, 2.75) is 6.54 Å². The lowest BCUT2D eigenvalue weighted by Gasteiger charge is -2.27. The van der Waals surface area contributed by atoms with Crippen LogP contribution in [0.2, 0.25) is 0 Å². The average molecular weight is 281 g/mol. The minimum absolute atomic E-state index is 0.00175. The average Bonchev–Trinajstić information content (AvgIpc) is 2.86. The van der Waals surface area contributed by atoms with Crippen LogP contribution in [0.4, 0.5) is 10.6 Å². The number of rotatable bonds is 3. The number of carbonyl (C=O) groups is 2. The zero-order valence-corrected chi connectivity index (χ0v) is 11.7. The van der Waals surface area contributed by atoms with Gasteiger partial charge in [-0.2, -0.15) is 0 Å². The molecule has 0 radical (unpaired) electrons. The molecule has 1 aromatic rings. The second kappa shape index (κ2) is 6.33. The fraction of sp³-hybridized carbons (Fsp3) is 0.636. The van der Waals surface area contributed by atoms with Crippen LogP contribution < -0.4 is 10.6 Å². The summed E-state index contributed by atoms with van der Waals surface area (Å²) in [5.41, 5.74) is 0. The van der Waals surface area contributed by atoms with Gasteiger partial charge in [0.1, 0.15) is 6.54 Å². The normalized spacial score (nSPS) is 15.0. The summed E-state index contributed by atoms with van der Waals surface area (Å²) in [4.78, 5) is 26.6. The van der Waals surface area contributed by atoms with E-state index in [1.807, 2.05) is 0 Å². The molecule has 9 nitrogen and oxygen atoms in total. The monoisotopic (exact) mass is 281 g/mol. The lowest BCUT2D eigenvalue weighted by molar-refractivity contribution is -0.132. The summed E-state index contributed by atoms with van der Waals surface area (Å²) in [5, 5.41) is 13.4. The number of nitrogens with zero attached hydrogens (tertiary/aromatic N) is 5. The molecule has 2 N–H and O–H groups in total. The van der Waals surface area contributed by atoms with Gasteiger partial charge in [0.05, 0.1) is 6.20 Å². The van der Waals surface area contributed by atoms with Crippen LogP contribution in [0.15, 0.2) is 6.20 Å². The van der Waals surface area contributed by atoms with Gasteiger partial charge < -0.3 is 15.1 Å². The number of hydrogen-bond donors (Lipinski definition) is 2. The first-order valence-corrected chi connectivity index (χ1v) is 6.43. The molecule has 9 heteroatoms. The maximum Gasteiger partial charge on any atom is 0.322 e. The Labute approximate surface area is 116 Å². The predicted molar refractivity (Wildman–Crippen MR) is 72.2 cm³/mol. The minimum atomic E-state index is -0.287. The minimum Gasteiger partial charge on any atom is -0.339 e. The molecule has 1 fully saturated rings. The zero-order chi connectivity index (χ0) is 14.5. The van der Waals surface area contributed by atoms with Gasteiger partial charge >= 0.3 is 6.03 Å². The van der Waals surface area contributed by atoms with Crippen molar-refractivity contribution in [3.8, 4) is 0 Å². The molecule has 3 amide bonds. The predicted octanol–water partition coefficient (Wildman–Crippen LogP) is -1.20. The van der Waals surface area contributed by atoms with Crippen molar-refractivity contribution in [3.05, 3.63) is 6.20 Å². The molecule has 0 atom stereocenters. The van der Waals surface area contributed by atoms with Crippen LogP contribution in [0.25, 0.3) is 0 Å². The first kappa shape index (κ1) is 14.3. The van der Waals surface area contributed by atoms with Crippen molar-refractivity contribution < 1.29 is 9.59 Å². The lowest BCUT2D eigenvalue weighted by atomic mass is 10.3. The van der Waals surface area contributed by atoms with E-state index >= 15 is 0 Å². The Morgan fingerprint density at radius 2 is 2.10 bits per heavy atom. The third-order valence-electron chi connectivity index (χ3n) is 2.95. The Hall–Kier alpha value is -2.16. The van der Waals surface area contributed by atoms with E-state index in [-0.39, 0.29) is 18.5 Å². The summed E-state index contributed by atoms with van der Waals surface area (Å²) in [6, 6.07) is -0.287. The van der Waals surface area contributed by atoms with Crippen LogP contribution >= 0.6 is 0 Å². The van der Waals surface area contributed by atoms with E-state index in [0.717, 1.165) is 13.1 Å². The van der Waals surface area contributed by atoms with Gasteiger partial charge in [-0.15, -0.1) is 5.10 Å². The maximum absolute atomic E-state index is 12.0. The van der Waals surface area contributed by atoms with Gasteiger partial charge in [0.25, 0.3) is 0 Å². The molecule has 0 aromatic carbocycles. The van der Waals surface area contributed by atoms with Gasteiger partial charge in [0.15, 0.2) is 5.82 Å². The van der Waals surface area contributed by atoms with Crippen molar-refractivity contribution in [3.63, 3.8) is 0 Å². The third-order valence-corrected chi connectivity index (χ3v) is 2.95. The lowest BCUT2D eigenvalue weighted by Crippen LogP contribution is -2.47. The summed E-state index contributed by atoms with van der Waals surface area (Å²) in [6.45, 7) is 3.17. The van der Waals surface area contributed by atoms with Crippen molar-refractivity contribution >= 4 is 17.8 Å². The highest BCUT2D eigenvalue weighted by atomic mass is 16.2. The molecular weight excluding hydrogens is 262 g/mol. The smallest absolute Gasteiger partial charge is 0.322 e. The standard InChI is InChI=1S/C11H19N7O2/c1-16(2)11(20)13-9-7-18(15-14-9)8-10(19)17-5-3-12-4-6-17/h7,12H,3-6,8H2,1-2H3,(H,13,20). The molecule has 0 spiro atoms. The second-order valence-electron chi connectivity index (χ2n) is 4.76. The molecule has 0 aliphatic carbocycles. The van der Waals surface area contributed by atoms with Crippen molar-refractivity contribution in [2.75, 3.05) is 45.6 Å². The zero-order valence-electron chi connectivity index (χ0n) is 11.7. The van der Waals surface area contributed by atoms with Crippen LogP contribution in [0.3, 0.4) is 0 Å². The molecule has 110 valence electrons. The third kappa shape index (κ3) is 3.67. The number of aromatic nitrogens is 3. The summed E-state index contributed by atoms with van der Waals surface area (Å²) in [5.74, 6) is 0.332. The molecule has 1 aromatic heterocycles. The summed E-state index contributed by atoms with van der Waals surface area (Å²) >= 11 is 0. The highest BCUT2D eigenvalue weighted by molar-refractivity contribution is 5.87. The van der Waals surface area contributed by atoms with Crippen molar-refractivity contribution in [1.29, 1.82) is 0 Å². The van der Waals surface area contributed by atoms with Crippen LogP contribution in [0.1, 0.15) is 0 Å². The van der Waals surface area contributed by atoms with Gasteiger partial charge in [-0.3, -0.25) is 10.1 Å². The Morgan fingerprint density at radius 3 is 2.75 bits per heavy atom. The number of anilines is 1. The fourth-order valence-corrected chi connectivity index (χ4v) is 1.81. The molecule has 1 aliphatic heterocycles. The molecule has 0 bridgehead atoms. The van der Waals surface area contributed by atoms with Crippen LogP contribution in [0.5, 0.6) is 0 Å². The highest BCUT2D eigenvalue weighted by Gasteiger charge is 2.17. The molecular formula is C11H19N7O2. The summed E-state index contributed by atoms with van der Waals surface area (Å²) < 4.78 is 1.43. The highest BCUT2D eigenvalue weighted by Crippen LogP contribution is 2.02. The van der Waals surface area contributed by atoms with Crippen LogP contribution in [0, 0.1) is 0 Å². The number of hydrogen-bond acceptors (Lipinski definition) is 5. The van der Waals surface area contributed by atoms with Crippen molar-refractivity contribution in [2.24, 2.45) is 0 Å². The SMILES string of the molecule is CN(C)C(=O)Nc1cn(CC(=O)N2CCNCC2)nn1. The molecule has 0 unspecified atom stereocenters. The van der Waals surface area contributed by atoms with Crippen molar-refractivity contribution in [1.82, 2.24) is 30.1 Å². The Bertz CT molecular complexity index is 479. The second-order valence-corrected chi connectivity index (χ2v) is 4.76. The molecule has 1 saturated heterocycles. The maximum atomic E-state index is 12.0. The number of piperazine rings is 1. The largest absolute Gasteiger partial charge is 0.339 e. The van der Waals surface area contributed by atoms with E-state index in [2.05, 4.69) is 20.9 Å². The number of urea groups is 1. The summed E-state index contributed by atoms with van der Waals surface area (Å²) in [6.07, 6.45) is 1.54. The molecule has 2 rings (SSSR count). The van der Waals surface area contributed by atoms with Crippen LogP contribution in [-0.4, -0.2) is 77.0 Å². The van der Waals surface area contributed by atoms with E-state index in [9.17, 15) is 9.59 Å². The summed E-state index contributed by atoms with van der Waals surface area (Å²) in [7, 11) is 3.27. The first-order valence-electron chi connectivity index (χ1n) is 6.43. The van der Waals surface area contributed by atoms with E-state index in [1.54, 1.807) is 25.2 Å². The van der Waals surface area contributed by atoms with Gasteiger partial charge in [0.2, 0.25) is 5.91 Å². The van der Waals surface area contributed by atoms with E-state index < -0.39 is 0 Å². The fourth-order valence-electron chi connectivity index (χ4n) is 1.81. The number of carbonyl (C=O) groups excluding carboxylic acids is 2. The van der Waals surface area contributed by atoms with Gasteiger partial charge in [-0.25, -0.2) is 9.48 Å². The molecule has 0 saturated carbocycles. The van der Waals surface area contributed by atoms with E-state index in [4.69, 9.17) is 0 Å². The first-order chi connectivity index (χ1) is 9.56. The molecule has 20 heavy (non-hydrogen) atoms. The Kier molecular flexibility index (Phi) is 4.51. The Balaban J connectivity index is 1.88. The van der Waals surface area contributed by atoms with Crippen LogP contribution in [-0.2, 0) is 11.3 Å². The van der Waals surface area contributed by atoms with Gasteiger partial charge in [0, 0.05) is 40.3 Å². The number of amides is 3.